The summed E-state index contributed by atoms with van der Waals surface area (Å²) in [5, 5.41) is 2.37. The van der Waals surface area contributed by atoms with E-state index < -0.39 is 10.0 Å². The normalized spacial score (nSPS) is 17.5. The summed E-state index contributed by atoms with van der Waals surface area (Å²) in [4.78, 5) is 18.7. The first-order valence-electron chi connectivity index (χ1n) is 7.30. The number of hydrogen-bond acceptors (Lipinski definition) is 6. The predicted molar refractivity (Wildman–Crippen MR) is 97.4 cm³/mol. The number of carbonyl (C=O) groups is 1. The molecule has 1 atom stereocenters. The van der Waals surface area contributed by atoms with E-state index in [4.69, 9.17) is 0 Å². The summed E-state index contributed by atoms with van der Waals surface area (Å²) >= 11 is 2.88. The van der Waals surface area contributed by atoms with Crippen LogP contribution in [-0.4, -0.2) is 31.1 Å². The van der Waals surface area contributed by atoms with Gasteiger partial charge in [-0.1, -0.05) is 6.92 Å². The monoisotopic (exact) mass is 383 g/mol. The van der Waals surface area contributed by atoms with Crippen LogP contribution in [0.4, 0.5) is 10.8 Å². The third kappa shape index (κ3) is 3.42. The molecule has 0 saturated heterocycles. The van der Waals surface area contributed by atoms with Crippen LogP contribution in [0, 0.1) is 6.92 Å². The molecule has 3 rings (SSSR count). The fraction of sp³-hybridized carbons (Fsp3) is 0.333. The van der Waals surface area contributed by atoms with Crippen LogP contribution in [0.2, 0.25) is 0 Å². The molecule has 2 aromatic rings. The summed E-state index contributed by atoms with van der Waals surface area (Å²) in [6.07, 6.45) is 0. The van der Waals surface area contributed by atoms with Gasteiger partial charge in [-0.15, -0.1) is 23.1 Å². The minimum atomic E-state index is -3.75. The number of anilines is 2. The number of aromatic nitrogens is 1. The Morgan fingerprint density at radius 1 is 1.42 bits per heavy atom. The van der Waals surface area contributed by atoms with Crippen molar-refractivity contribution in [2.24, 2.45) is 0 Å². The van der Waals surface area contributed by atoms with E-state index in [1.54, 1.807) is 47.2 Å². The van der Waals surface area contributed by atoms with Gasteiger partial charge in [0.2, 0.25) is 5.91 Å². The second-order valence-corrected chi connectivity index (χ2v) is 9.61. The number of sulfonamides is 1. The lowest BCUT2D eigenvalue weighted by Crippen LogP contribution is -2.37. The number of fused-ring (bicyclic) bond motifs is 1. The van der Waals surface area contributed by atoms with Crippen LogP contribution in [-0.2, 0) is 14.8 Å². The average molecular weight is 384 g/mol. The highest BCUT2D eigenvalue weighted by Crippen LogP contribution is 2.39. The summed E-state index contributed by atoms with van der Waals surface area (Å²) in [5.41, 5.74) is 1.40. The van der Waals surface area contributed by atoms with E-state index in [9.17, 15) is 13.2 Å². The van der Waals surface area contributed by atoms with Crippen LogP contribution in [0.5, 0.6) is 0 Å². The summed E-state index contributed by atoms with van der Waals surface area (Å²) in [7, 11) is -3.75. The molecule has 6 nitrogen and oxygen atoms in total. The van der Waals surface area contributed by atoms with Crippen LogP contribution in [0.3, 0.4) is 0 Å². The molecule has 1 unspecified atom stereocenters. The number of hydrogen-bond donors (Lipinski definition) is 1. The minimum Gasteiger partial charge on any atom is -0.310 e. The van der Waals surface area contributed by atoms with Crippen molar-refractivity contribution in [3.8, 4) is 0 Å². The number of nitrogens with one attached hydrogen (secondary N) is 1. The van der Waals surface area contributed by atoms with Gasteiger partial charge in [0.05, 0.1) is 16.3 Å². The van der Waals surface area contributed by atoms with Gasteiger partial charge in [0.15, 0.2) is 5.13 Å². The van der Waals surface area contributed by atoms with Gasteiger partial charge in [-0.05, 0) is 25.1 Å². The molecule has 0 fully saturated rings. The molecule has 1 aliphatic heterocycles. The first-order valence-corrected chi connectivity index (χ1v) is 10.5. The van der Waals surface area contributed by atoms with Gasteiger partial charge in [-0.25, -0.2) is 13.4 Å². The van der Waals surface area contributed by atoms with Gasteiger partial charge in [-0.3, -0.25) is 9.52 Å². The Kier molecular flexibility index (Phi) is 4.58. The molecule has 0 spiro atoms. The van der Waals surface area contributed by atoms with Crippen molar-refractivity contribution in [3.05, 3.63) is 29.3 Å². The summed E-state index contributed by atoms with van der Waals surface area (Å²) in [5.74, 6) is -0.0959. The minimum absolute atomic E-state index is 0.0959. The molecule has 0 bridgehead atoms. The molecule has 0 saturated carbocycles. The Labute approximate surface area is 149 Å². The lowest BCUT2D eigenvalue weighted by Gasteiger charge is -2.32. The molecule has 24 heavy (non-hydrogen) atoms. The zero-order chi connectivity index (χ0) is 17.5. The average Bonchev–Trinajstić information content (AvgIpc) is 2.90. The number of nitrogens with zero attached hydrogens (tertiary/aromatic N) is 2. The van der Waals surface area contributed by atoms with Crippen molar-refractivity contribution in [3.63, 3.8) is 0 Å². The third-order valence-corrected chi connectivity index (χ3v) is 7.01. The molecule has 1 aromatic carbocycles. The maximum Gasteiger partial charge on any atom is 0.263 e. The van der Waals surface area contributed by atoms with Gasteiger partial charge in [0.1, 0.15) is 0 Å². The highest BCUT2D eigenvalue weighted by Gasteiger charge is 2.27. The predicted octanol–water partition coefficient (Wildman–Crippen LogP) is 3.10. The highest BCUT2D eigenvalue weighted by atomic mass is 32.2. The maximum atomic E-state index is 12.6. The topological polar surface area (TPSA) is 79.4 Å². The standard InChI is InChI=1S/C15H17N3O3S3/c1-9-8-22-15(16-9)17-24(20,21)12-4-5-14-13(6-12)18(11(3)19)7-10(2)23-14/h4-6,8,10H,7H2,1-3H3,(H,16,17). The van der Waals surface area contributed by atoms with Crippen LogP contribution >= 0.6 is 23.1 Å². The molecule has 1 amide bonds. The lowest BCUT2D eigenvalue weighted by atomic mass is 10.2. The van der Waals surface area contributed by atoms with Crippen LogP contribution in [0.25, 0.3) is 0 Å². The fourth-order valence-electron chi connectivity index (χ4n) is 2.46. The second kappa shape index (κ2) is 6.38. The molecule has 9 heteroatoms. The number of thiazole rings is 1. The van der Waals surface area contributed by atoms with Crippen LogP contribution in [0.1, 0.15) is 19.5 Å². The van der Waals surface area contributed by atoms with Gasteiger partial charge in [0.25, 0.3) is 10.0 Å². The summed E-state index contributed by atoms with van der Waals surface area (Å²) in [6, 6.07) is 4.87. The van der Waals surface area contributed by atoms with E-state index in [-0.39, 0.29) is 16.1 Å². The molecule has 2 heterocycles. The van der Waals surface area contributed by atoms with E-state index in [0.717, 1.165) is 10.6 Å². The second-order valence-electron chi connectivity index (χ2n) is 5.59. The molecular weight excluding hydrogens is 366 g/mol. The van der Waals surface area contributed by atoms with E-state index in [1.165, 1.54) is 18.3 Å². The Hall–Kier alpha value is -1.58. The molecular formula is C15H17N3O3S3. The molecule has 1 N–H and O–H groups in total. The van der Waals surface area contributed by atoms with Gasteiger partial charge in [-0.2, -0.15) is 0 Å². The number of amides is 1. The van der Waals surface area contributed by atoms with Gasteiger partial charge in [0, 0.05) is 29.0 Å². The van der Waals surface area contributed by atoms with E-state index >= 15 is 0 Å². The van der Waals surface area contributed by atoms with Crippen LogP contribution in [0.15, 0.2) is 33.4 Å². The van der Waals surface area contributed by atoms with Crippen molar-refractivity contribution in [1.82, 2.24) is 4.98 Å². The van der Waals surface area contributed by atoms with E-state index in [2.05, 4.69) is 9.71 Å². The van der Waals surface area contributed by atoms with Crippen molar-refractivity contribution >= 4 is 49.8 Å². The zero-order valence-corrected chi connectivity index (χ0v) is 15.9. The van der Waals surface area contributed by atoms with Crippen molar-refractivity contribution in [2.75, 3.05) is 16.2 Å². The molecule has 1 aromatic heterocycles. The largest absolute Gasteiger partial charge is 0.310 e. The number of thioether (sulfide) groups is 1. The van der Waals surface area contributed by atoms with Crippen LogP contribution < -0.4 is 9.62 Å². The third-order valence-electron chi connectivity index (χ3n) is 3.52. The van der Waals surface area contributed by atoms with E-state index in [0.29, 0.717) is 17.4 Å². The summed E-state index contributed by atoms with van der Waals surface area (Å²) < 4.78 is 27.7. The number of rotatable bonds is 3. The molecule has 0 aliphatic carbocycles. The van der Waals surface area contributed by atoms with Gasteiger partial charge < -0.3 is 4.90 Å². The van der Waals surface area contributed by atoms with Crippen molar-refractivity contribution in [1.29, 1.82) is 0 Å². The molecule has 0 radical (unpaired) electrons. The number of carbonyl (C=O) groups excluding carboxylic acids is 1. The summed E-state index contributed by atoms with van der Waals surface area (Å²) in [6.45, 7) is 5.90. The zero-order valence-electron chi connectivity index (χ0n) is 13.4. The van der Waals surface area contributed by atoms with Gasteiger partial charge >= 0.3 is 0 Å². The fourth-order valence-corrected chi connectivity index (χ4v) is 5.51. The Morgan fingerprint density at radius 2 is 2.17 bits per heavy atom. The first-order chi connectivity index (χ1) is 11.3. The molecule has 128 valence electrons. The number of benzene rings is 1. The Morgan fingerprint density at radius 3 is 2.79 bits per heavy atom. The lowest BCUT2D eigenvalue weighted by molar-refractivity contribution is -0.116. The maximum absolute atomic E-state index is 12.6. The van der Waals surface area contributed by atoms with E-state index in [1.807, 2.05) is 6.92 Å². The quantitative estimate of drug-likeness (QED) is 0.881. The van der Waals surface area contributed by atoms with Crippen molar-refractivity contribution < 1.29 is 13.2 Å². The SMILES string of the molecule is CC(=O)N1CC(C)Sc2ccc(S(=O)(=O)Nc3nc(C)cs3)cc21. The Balaban J connectivity index is 1.98. The van der Waals surface area contributed by atoms with Crippen molar-refractivity contribution in [2.45, 2.75) is 35.8 Å². The smallest absolute Gasteiger partial charge is 0.263 e. The molecule has 1 aliphatic rings. The Bertz CT molecular complexity index is 892. The number of aryl methyl sites for hydroxylation is 1. The first kappa shape index (κ1) is 17.2. The highest BCUT2D eigenvalue weighted by molar-refractivity contribution is 8.00.